The maximum absolute atomic E-state index is 5.34. The van der Waals surface area contributed by atoms with Crippen LogP contribution in [0.25, 0.3) is 0 Å². The Bertz CT molecular complexity index is 555. The molecule has 0 fully saturated rings. The maximum atomic E-state index is 5.34. The molecule has 0 bridgehead atoms. The topological polar surface area (TPSA) is 12.4 Å². The summed E-state index contributed by atoms with van der Waals surface area (Å²) in [5.74, 6) is 2.26. The molecule has 1 nitrogen and oxygen atoms in total. The predicted octanol–water partition coefficient (Wildman–Crippen LogP) is 8.92. The van der Waals surface area contributed by atoms with Crippen LogP contribution < -0.4 is 0 Å². The van der Waals surface area contributed by atoms with Crippen LogP contribution in [0.1, 0.15) is 75.7 Å². The fourth-order valence-electron chi connectivity index (χ4n) is 3.62. The first-order valence-corrected chi connectivity index (χ1v) is 13.1. The molecule has 0 aromatic rings. The Balaban J connectivity index is 0. The summed E-state index contributed by atoms with van der Waals surface area (Å²) in [6.45, 7) is 22.5. The summed E-state index contributed by atoms with van der Waals surface area (Å²) in [7, 11) is -1.20. The van der Waals surface area contributed by atoms with Gasteiger partial charge in [-0.3, -0.25) is 4.74 Å². The second-order valence-corrected chi connectivity index (χ2v) is 12.6. The van der Waals surface area contributed by atoms with Gasteiger partial charge in [0.15, 0.2) is 0 Å². The Kier molecular flexibility index (Phi) is 16.9. The van der Waals surface area contributed by atoms with Crippen molar-refractivity contribution >= 4 is 7.05 Å². The number of allylic oxidation sites excluding steroid dienone is 7. The molecule has 3 heteroatoms. The summed E-state index contributed by atoms with van der Waals surface area (Å²) in [5, 5.41) is 0. The SMILES string of the molecule is CC(C)CP(CC(C)C)(CC(C)C)=NC1=CC=CC1.CC=C(C)C(C)=CC.[Ti]. The summed E-state index contributed by atoms with van der Waals surface area (Å²) >= 11 is 0. The second kappa shape index (κ2) is 15.7. The number of hydrogen-bond acceptors (Lipinski definition) is 1. The Labute approximate surface area is 192 Å². The Morgan fingerprint density at radius 3 is 1.54 bits per heavy atom. The minimum absolute atomic E-state index is 0. The predicted molar refractivity (Wildman–Crippen MR) is 129 cm³/mol. The molecule has 0 N–H and O–H groups in total. The average molecular weight is 439 g/mol. The van der Waals surface area contributed by atoms with E-state index < -0.39 is 7.05 Å². The molecule has 0 heterocycles. The van der Waals surface area contributed by atoms with E-state index in [1.165, 1.54) is 35.3 Å². The zero-order valence-electron chi connectivity index (χ0n) is 20.3. The van der Waals surface area contributed by atoms with Gasteiger partial charge < -0.3 is 0 Å². The van der Waals surface area contributed by atoms with Gasteiger partial charge in [0, 0.05) is 33.8 Å². The molecule has 1 aliphatic rings. The molecule has 0 amide bonds. The fraction of sp³-hybridized carbons (Fsp3) is 0.680. The standard InChI is InChI=1S/C17H32NP.C8H14.Ti/c1-14(2)11-19(12-15(3)4,13-16(5)6)18-17-9-7-8-10-17;1-5-7(3)8(4)6-2;/h7-9,14-16H,10-13H2,1-6H3;5-6H,1-4H3;. The molecule has 0 aromatic heterocycles. The number of hydrogen-bond donors (Lipinski definition) is 0. The summed E-state index contributed by atoms with van der Waals surface area (Å²) in [6, 6.07) is 0. The molecule has 0 aliphatic heterocycles. The Morgan fingerprint density at radius 1 is 0.893 bits per heavy atom. The molecule has 0 unspecified atom stereocenters. The average Bonchev–Trinajstić information content (AvgIpc) is 3.04. The molecule has 0 radical (unpaired) electrons. The number of rotatable bonds is 8. The van der Waals surface area contributed by atoms with E-state index in [-0.39, 0.29) is 21.7 Å². The molecule has 0 spiro atoms. The molecule has 28 heavy (non-hydrogen) atoms. The maximum Gasteiger partial charge on any atom is 0.0425 e. The molecule has 0 saturated heterocycles. The fourth-order valence-corrected chi connectivity index (χ4v) is 9.09. The van der Waals surface area contributed by atoms with Crippen LogP contribution in [0.15, 0.2) is 52.0 Å². The van der Waals surface area contributed by atoms with Crippen molar-refractivity contribution in [1.82, 2.24) is 0 Å². The van der Waals surface area contributed by atoms with Crippen molar-refractivity contribution in [2.24, 2.45) is 22.5 Å². The quantitative estimate of drug-likeness (QED) is 0.203. The van der Waals surface area contributed by atoms with E-state index in [1.807, 2.05) is 0 Å². The van der Waals surface area contributed by atoms with Crippen LogP contribution in [0.4, 0.5) is 0 Å². The molecule has 0 saturated carbocycles. The third kappa shape index (κ3) is 13.2. The first kappa shape index (κ1) is 30.1. The van der Waals surface area contributed by atoms with Gasteiger partial charge in [0.25, 0.3) is 0 Å². The van der Waals surface area contributed by atoms with Crippen molar-refractivity contribution < 1.29 is 21.7 Å². The second-order valence-electron chi connectivity index (χ2n) is 9.16. The van der Waals surface area contributed by atoms with Gasteiger partial charge in [-0.15, -0.1) is 0 Å². The molecule has 0 aromatic carbocycles. The van der Waals surface area contributed by atoms with Crippen LogP contribution in [0.2, 0.25) is 0 Å². The molecular weight excluding hydrogens is 393 g/mol. The molecule has 160 valence electrons. The largest absolute Gasteiger partial charge is 0.272 e. The van der Waals surface area contributed by atoms with Gasteiger partial charge in [0.05, 0.1) is 0 Å². The van der Waals surface area contributed by atoms with Gasteiger partial charge in [0.1, 0.15) is 0 Å². The number of nitrogens with zero attached hydrogens (tertiary/aromatic N) is 1. The van der Waals surface area contributed by atoms with Gasteiger partial charge in [0.2, 0.25) is 0 Å². The summed E-state index contributed by atoms with van der Waals surface area (Å²) in [6.07, 6.45) is 15.9. The van der Waals surface area contributed by atoms with E-state index in [2.05, 4.69) is 99.6 Å². The van der Waals surface area contributed by atoms with Crippen LogP contribution in [-0.2, 0) is 21.7 Å². The van der Waals surface area contributed by atoms with Crippen LogP contribution >= 0.6 is 7.05 Å². The zero-order chi connectivity index (χ0) is 21.0. The van der Waals surface area contributed by atoms with Crippen LogP contribution in [0, 0.1) is 17.8 Å². The van der Waals surface area contributed by atoms with Crippen LogP contribution in [-0.4, -0.2) is 18.5 Å². The first-order valence-electron chi connectivity index (χ1n) is 10.8. The molecule has 1 aliphatic carbocycles. The smallest absolute Gasteiger partial charge is 0.0425 e. The van der Waals surface area contributed by atoms with E-state index in [9.17, 15) is 0 Å². The third-order valence-corrected chi connectivity index (χ3v) is 9.61. The Morgan fingerprint density at radius 2 is 1.29 bits per heavy atom. The summed E-state index contributed by atoms with van der Waals surface area (Å²) < 4.78 is 5.34. The minimum Gasteiger partial charge on any atom is -0.272 e. The van der Waals surface area contributed by atoms with E-state index in [4.69, 9.17) is 4.74 Å². The van der Waals surface area contributed by atoms with E-state index in [0.29, 0.717) is 0 Å². The third-order valence-electron chi connectivity index (χ3n) is 4.70. The van der Waals surface area contributed by atoms with Gasteiger partial charge >= 0.3 is 0 Å². The molecule has 0 atom stereocenters. The van der Waals surface area contributed by atoms with Gasteiger partial charge in [-0.2, -0.15) is 0 Å². The Hall–Kier alpha value is -0.0957. The van der Waals surface area contributed by atoms with E-state index in [1.54, 1.807) is 0 Å². The molecular formula is C25H46NPTi. The van der Waals surface area contributed by atoms with Gasteiger partial charge in [-0.25, -0.2) is 0 Å². The van der Waals surface area contributed by atoms with Gasteiger partial charge in [-0.05, 0) is 77.1 Å². The van der Waals surface area contributed by atoms with Crippen molar-refractivity contribution in [2.75, 3.05) is 18.5 Å². The molecule has 1 rings (SSSR count). The van der Waals surface area contributed by atoms with Crippen LogP contribution in [0.5, 0.6) is 0 Å². The van der Waals surface area contributed by atoms with Crippen molar-refractivity contribution in [3.8, 4) is 0 Å². The van der Waals surface area contributed by atoms with Crippen molar-refractivity contribution in [1.29, 1.82) is 0 Å². The van der Waals surface area contributed by atoms with E-state index >= 15 is 0 Å². The zero-order valence-corrected chi connectivity index (χ0v) is 22.8. The minimum atomic E-state index is -1.20. The monoisotopic (exact) mass is 439 g/mol. The van der Waals surface area contributed by atoms with Crippen molar-refractivity contribution in [3.05, 3.63) is 47.2 Å². The van der Waals surface area contributed by atoms with Crippen LogP contribution in [0.3, 0.4) is 0 Å². The summed E-state index contributed by atoms with van der Waals surface area (Å²) in [4.78, 5) is 0. The summed E-state index contributed by atoms with van der Waals surface area (Å²) in [5.41, 5.74) is 4.07. The van der Waals surface area contributed by atoms with Crippen molar-refractivity contribution in [3.63, 3.8) is 0 Å². The van der Waals surface area contributed by atoms with Crippen molar-refractivity contribution in [2.45, 2.75) is 75.7 Å². The normalized spacial score (nSPS) is 14.8. The van der Waals surface area contributed by atoms with Gasteiger partial charge in [-0.1, -0.05) is 77.0 Å². The first-order chi connectivity index (χ1) is 12.5. The van der Waals surface area contributed by atoms with E-state index in [0.717, 1.165) is 24.2 Å².